The van der Waals surface area contributed by atoms with Gasteiger partial charge in [0, 0.05) is 37.2 Å². The van der Waals surface area contributed by atoms with E-state index < -0.39 is 6.04 Å². The molecule has 0 radical (unpaired) electrons. The largest absolute Gasteiger partial charge is 0.384 e. The highest BCUT2D eigenvalue weighted by molar-refractivity contribution is 5.81. The Kier molecular flexibility index (Phi) is 7.04. The molecule has 0 saturated carbocycles. The van der Waals surface area contributed by atoms with Gasteiger partial charge in [0.25, 0.3) is 5.56 Å². The lowest BCUT2D eigenvalue weighted by atomic mass is 9.93. The van der Waals surface area contributed by atoms with Gasteiger partial charge in [-0.25, -0.2) is 9.97 Å². The van der Waals surface area contributed by atoms with Crippen LogP contribution in [0, 0.1) is 6.92 Å². The maximum Gasteiger partial charge on any atom is 0.294 e. The second-order valence-electron chi connectivity index (χ2n) is 10.5. The molecule has 4 aromatic rings. The fourth-order valence-electron chi connectivity index (χ4n) is 5.78. The van der Waals surface area contributed by atoms with Crippen LogP contribution in [0.15, 0.2) is 83.8 Å². The second-order valence-corrected chi connectivity index (χ2v) is 10.5. The fourth-order valence-corrected chi connectivity index (χ4v) is 5.78. The summed E-state index contributed by atoms with van der Waals surface area (Å²) in [5, 5.41) is 6.33. The third-order valence-electron chi connectivity index (χ3n) is 7.88. The molecule has 1 atom stereocenters. The lowest BCUT2D eigenvalue weighted by Crippen LogP contribution is -2.56. The standard InChI is InChI=1S/C31H33N7O2/c1-20-23(12-15-27(32)35-20)16-34-30(39)26-14-13-25-17-33-29(31(40)38(25)26)36-24-18-37(19-24)28(21-8-4-2-5-9-21)22-10-6-3-7-11-22/h2-12,15,17,24,26,28H,13-14,16,18-19H2,1H3,(H2,32,35)(H,33,36)(H,34,39)/t26-/m0/s1. The molecule has 2 aliphatic rings. The van der Waals surface area contributed by atoms with Crippen molar-refractivity contribution in [1.29, 1.82) is 0 Å². The van der Waals surface area contributed by atoms with E-state index in [9.17, 15) is 9.59 Å². The molecule has 1 fully saturated rings. The number of aromatic nitrogens is 3. The van der Waals surface area contributed by atoms with Gasteiger partial charge in [0.2, 0.25) is 5.91 Å². The van der Waals surface area contributed by atoms with Crippen LogP contribution in [0.5, 0.6) is 0 Å². The van der Waals surface area contributed by atoms with E-state index >= 15 is 0 Å². The van der Waals surface area contributed by atoms with Crippen molar-refractivity contribution >= 4 is 17.5 Å². The first-order valence-electron chi connectivity index (χ1n) is 13.7. The number of aryl methyl sites for hydroxylation is 2. The minimum absolute atomic E-state index is 0.0865. The molecule has 1 saturated heterocycles. The number of hydrogen-bond donors (Lipinski definition) is 3. The van der Waals surface area contributed by atoms with E-state index in [0.29, 0.717) is 31.0 Å². The quantitative estimate of drug-likeness (QED) is 0.317. The Hall–Kier alpha value is -4.50. The van der Waals surface area contributed by atoms with Crippen molar-refractivity contribution in [3.8, 4) is 0 Å². The summed E-state index contributed by atoms with van der Waals surface area (Å²) in [4.78, 5) is 37.7. The Labute approximate surface area is 233 Å². The van der Waals surface area contributed by atoms with Crippen LogP contribution in [-0.2, 0) is 17.8 Å². The van der Waals surface area contributed by atoms with Crippen molar-refractivity contribution in [3.05, 3.63) is 117 Å². The Morgan fingerprint density at radius 2 is 1.70 bits per heavy atom. The molecule has 0 unspecified atom stereocenters. The summed E-state index contributed by atoms with van der Waals surface area (Å²) in [7, 11) is 0. The Morgan fingerprint density at radius 1 is 1.02 bits per heavy atom. The molecule has 2 aromatic heterocycles. The summed E-state index contributed by atoms with van der Waals surface area (Å²) in [6.07, 6.45) is 2.92. The first kappa shape index (κ1) is 25.8. The lowest BCUT2D eigenvalue weighted by molar-refractivity contribution is -0.124. The van der Waals surface area contributed by atoms with E-state index in [1.54, 1.807) is 16.8 Å². The molecule has 0 bridgehead atoms. The van der Waals surface area contributed by atoms with Gasteiger partial charge in [0.1, 0.15) is 11.9 Å². The zero-order valence-electron chi connectivity index (χ0n) is 22.5. The van der Waals surface area contributed by atoms with Crippen molar-refractivity contribution in [1.82, 2.24) is 24.8 Å². The maximum atomic E-state index is 13.5. The minimum Gasteiger partial charge on any atom is -0.384 e. The smallest absolute Gasteiger partial charge is 0.294 e. The van der Waals surface area contributed by atoms with Crippen LogP contribution in [0.2, 0.25) is 0 Å². The summed E-state index contributed by atoms with van der Waals surface area (Å²) in [5.74, 6) is 0.557. The Balaban J connectivity index is 1.14. The predicted octanol–water partition coefficient (Wildman–Crippen LogP) is 3.22. The zero-order valence-corrected chi connectivity index (χ0v) is 22.5. The SMILES string of the molecule is Cc1nc(N)ccc1CNC(=O)[C@@H]1CCc2cnc(NC3CN(C(c4ccccc4)c4ccccc4)C3)c(=O)n21. The number of anilines is 2. The Bertz CT molecular complexity index is 1530. The molecule has 2 aromatic carbocycles. The van der Waals surface area contributed by atoms with E-state index in [2.05, 4.69) is 74.0 Å². The van der Waals surface area contributed by atoms with Crippen LogP contribution < -0.4 is 21.9 Å². The van der Waals surface area contributed by atoms with E-state index in [0.717, 1.165) is 30.0 Å². The molecular formula is C31H33N7O2. The number of nitrogens with two attached hydrogens (primary N) is 1. The monoisotopic (exact) mass is 535 g/mol. The Morgan fingerprint density at radius 3 is 2.35 bits per heavy atom. The molecule has 1 amide bonds. The number of likely N-dealkylation sites (tertiary alicyclic amines) is 1. The fraction of sp³-hybridized carbons (Fsp3) is 0.290. The zero-order chi connectivity index (χ0) is 27.6. The first-order valence-corrected chi connectivity index (χ1v) is 13.7. The molecule has 6 rings (SSSR count). The highest BCUT2D eigenvalue weighted by Crippen LogP contribution is 2.33. The minimum atomic E-state index is -0.563. The number of nitrogens with zero attached hydrogens (tertiary/aromatic N) is 4. The maximum absolute atomic E-state index is 13.5. The molecule has 9 nitrogen and oxygen atoms in total. The number of pyridine rings is 1. The summed E-state index contributed by atoms with van der Waals surface area (Å²) >= 11 is 0. The highest BCUT2D eigenvalue weighted by Gasteiger charge is 2.36. The van der Waals surface area contributed by atoms with Gasteiger partial charge in [-0.2, -0.15) is 0 Å². The number of nitrogens with one attached hydrogen (secondary N) is 2. The first-order chi connectivity index (χ1) is 19.5. The van der Waals surface area contributed by atoms with E-state index in [1.807, 2.05) is 25.1 Å². The number of fused-ring (bicyclic) bond motifs is 1. The predicted molar refractivity (Wildman–Crippen MR) is 155 cm³/mol. The van der Waals surface area contributed by atoms with Crippen molar-refractivity contribution in [2.75, 3.05) is 24.1 Å². The van der Waals surface area contributed by atoms with Gasteiger partial charge in [-0.1, -0.05) is 66.7 Å². The average molecular weight is 536 g/mol. The molecule has 4 N–H and O–H groups in total. The van der Waals surface area contributed by atoms with Gasteiger partial charge in [-0.15, -0.1) is 0 Å². The van der Waals surface area contributed by atoms with Gasteiger partial charge in [-0.05, 0) is 42.5 Å². The van der Waals surface area contributed by atoms with Crippen LogP contribution in [0.1, 0.15) is 46.6 Å². The highest BCUT2D eigenvalue weighted by atomic mass is 16.2. The van der Waals surface area contributed by atoms with Gasteiger partial charge in [0.15, 0.2) is 5.82 Å². The number of hydrogen-bond acceptors (Lipinski definition) is 7. The lowest BCUT2D eigenvalue weighted by Gasteiger charge is -2.45. The van der Waals surface area contributed by atoms with Crippen molar-refractivity contribution in [2.24, 2.45) is 0 Å². The summed E-state index contributed by atoms with van der Waals surface area (Å²) < 4.78 is 1.60. The van der Waals surface area contributed by atoms with Crippen LogP contribution >= 0.6 is 0 Å². The van der Waals surface area contributed by atoms with Gasteiger partial charge in [0.05, 0.1) is 12.1 Å². The molecule has 40 heavy (non-hydrogen) atoms. The molecule has 0 aliphatic carbocycles. The number of carbonyl (C=O) groups excluding carboxylic acids is 1. The summed E-state index contributed by atoms with van der Waals surface area (Å²) in [6, 6.07) is 24.2. The molecule has 9 heteroatoms. The molecule has 0 spiro atoms. The third-order valence-corrected chi connectivity index (χ3v) is 7.88. The number of amides is 1. The van der Waals surface area contributed by atoms with E-state index in [4.69, 9.17) is 5.73 Å². The molecule has 4 heterocycles. The van der Waals surface area contributed by atoms with Gasteiger partial charge >= 0.3 is 0 Å². The number of nitrogen functional groups attached to an aromatic ring is 1. The third kappa shape index (κ3) is 5.08. The van der Waals surface area contributed by atoms with Crippen molar-refractivity contribution in [2.45, 2.75) is 44.4 Å². The van der Waals surface area contributed by atoms with Crippen molar-refractivity contribution in [3.63, 3.8) is 0 Å². The van der Waals surface area contributed by atoms with Crippen LogP contribution in [-0.4, -0.2) is 44.5 Å². The van der Waals surface area contributed by atoms with Crippen molar-refractivity contribution < 1.29 is 4.79 Å². The van der Waals surface area contributed by atoms with E-state index in [1.165, 1.54) is 11.1 Å². The average Bonchev–Trinajstić information content (AvgIpc) is 3.39. The van der Waals surface area contributed by atoms with Crippen LogP contribution in [0.4, 0.5) is 11.6 Å². The molecule has 204 valence electrons. The number of rotatable bonds is 8. The van der Waals surface area contributed by atoms with Crippen LogP contribution in [0.25, 0.3) is 0 Å². The normalized spacial score (nSPS) is 16.9. The van der Waals surface area contributed by atoms with Gasteiger partial charge < -0.3 is 16.4 Å². The number of carbonyl (C=O) groups is 1. The van der Waals surface area contributed by atoms with E-state index in [-0.39, 0.29) is 23.6 Å². The van der Waals surface area contributed by atoms with Crippen LogP contribution in [0.3, 0.4) is 0 Å². The summed E-state index contributed by atoms with van der Waals surface area (Å²) in [5.41, 5.74) is 10.4. The second kappa shape index (κ2) is 10.9. The topological polar surface area (TPSA) is 118 Å². The molecular weight excluding hydrogens is 502 g/mol. The van der Waals surface area contributed by atoms with Gasteiger partial charge in [-0.3, -0.25) is 19.1 Å². The molecule has 2 aliphatic heterocycles. The number of benzene rings is 2. The summed E-state index contributed by atoms with van der Waals surface area (Å²) in [6.45, 7) is 3.74.